The van der Waals surface area contributed by atoms with E-state index in [1.807, 2.05) is 0 Å². The largest absolute Gasteiger partial charge is 0.480 e. The molecule has 1 aromatic carbocycles. The molecule has 268 valence electrons. The van der Waals surface area contributed by atoms with Gasteiger partial charge in [0.15, 0.2) is 0 Å². The fourth-order valence-electron chi connectivity index (χ4n) is 6.81. The van der Waals surface area contributed by atoms with Gasteiger partial charge in [-0.3, -0.25) is 24.7 Å². The molecule has 2 fully saturated rings. The number of unbranched alkanes of at least 4 members (excludes halogenated alkanes) is 1. The van der Waals surface area contributed by atoms with E-state index in [2.05, 4.69) is 10.6 Å². The molecule has 3 aliphatic rings. The topological polar surface area (TPSA) is 226 Å². The van der Waals surface area contributed by atoms with E-state index in [0.29, 0.717) is 12.8 Å². The van der Waals surface area contributed by atoms with Crippen LogP contribution in [0.25, 0.3) is 0 Å². The van der Waals surface area contributed by atoms with Gasteiger partial charge < -0.3 is 20.1 Å². The van der Waals surface area contributed by atoms with Crippen molar-refractivity contribution in [2.45, 2.75) is 106 Å². The molecule has 1 aromatic rings. The molecule has 0 radical (unpaired) electrons. The third-order valence-electron chi connectivity index (χ3n) is 9.07. The monoisotopic (exact) mass is 734 g/mol. The predicted molar refractivity (Wildman–Crippen MR) is 173 cm³/mol. The number of amides is 2. The summed E-state index contributed by atoms with van der Waals surface area (Å²) in [5.41, 5.74) is 0.0433. The molecular weight excluding hydrogens is 692 g/mol. The number of hydrogen-bond donors (Lipinski definition) is 4. The molecule has 2 heterocycles. The number of carboxylic acids is 1. The normalized spacial score (nSPS) is 23.3. The number of benzene rings is 1. The highest BCUT2D eigenvalue weighted by atomic mass is 35.5. The number of nitrogens with zero attached hydrogens (tertiary/aromatic N) is 3. The first-order valence-corrected chi connectivity index (χ1v) is 19.2. The SMILES string of the molecule is CCOC(=O)[C@H](CCCCN(C(C)=O)N1CNc2cc(Cl)c(S(N)(=O)=O)cc2S1(=O)=O)N[C@@H](C)C(=O)N1[C@@H]2CCCC[C@@H]2C[C@H]1C(=O)O. The van der Waals surface area contributed by atoms with Gasteiger partial charge in [-0.25, -0.2) is 26.8 Å². The Bertz CT molecular complexity index is 1640. The number of carbonyl (C=O) groups excluding carboxylic acids is 3. The van der Waals surface area contributed by atoms with Gasteiger partial charge in [-0.15, -0.1) is 0 Å². The number of aliphatic carboxylic acids is 1. The van der Waals surface area contributed by atoms with Gasteiger partial charge in [-0.1, -0.05) is 28.9 Å². The summed E-state index contributed by atoms with van der Waals surface area (Å²) < 4.78 is 57.1. The Hall–Kier alpha value is -3.03. The van der Waals surface area contributed by atoms with E-state index in [0.717, 1.165) is 47.2 Å². The Balaban J connectivity index is 1.43. The fraction of sp³-hybridized carbons (Fsp3) is 0.655. The fourth-order valence-corrected chi connectivity index (χ4v) is 9.58. The Morgan fingerprint density at radius 3 is 2.52 bits per heavy atom. The number of fused-ring (bicyclic) bond motifs is 2. The zero-order valence-electron chi connectivity index (χ0n) is 27.1. The lowest BCUT2D eigenvalue weighted by molar-refractivity contribution is -0.152. The molecule has 19 heteroatoms. The summed E-state index contributed by atoms with van der Waals surface area (Å²) in [7, 11) is -8.78. The predicted octanol–water partition coefficient (Wildman–Crippen LogP) is 1.45. The summed E-state index contributed by atoms with van der Waals surface area (Å²) in [6.45, 7) is 4.07. The minimum atomic E-state index is -4.43. The summed E-state index contributed by atoms with van der Waals surface area (Å²) >= 11 is 6.01. The maximum absolute atomic E-state index is 13.6. The molecule has 16 nitrogen and oxygen atoms in total. The van der Waals surface area contributed by atoms with Crippen molar-refractivity contribution in [3.8, 4) is 0 Å². The smallest absolute Gasteiger partial charge is 0.326 e. The number of carboxylic acid groups (broad SMARTS) is 1. The van der Waals surface area contributed by atoms with E-state index in [-0.39, 0.29) is 55.3 Å². The van der Waals surface area contributed by atoms with E-state index in [4.69, 9.17) is 21.5 Å². The molecule has 48 heavy (non-hydrogen) atoms. The van der Waals surface area contributed by atoms with Crippen molar-refractivity contribution < 1.29 is 45.9 Å². The average molecular weight is 735 g/mol. The number of ether oxygens (including phenoxy) is 1. The Morgan fingerprint density at radius 1 is 1.21 bits per heavy atom. The van der Waals surface area contributed by atoms with Gasteiger partial charge >= 0.3 is 11.9 Å². The molecule has 1 saturated carbocycles. The molecule has 0 unspecified atom stereocenters. The lowest BCUT2D eigenvalue weighted by Gasteiger charge is -2.37. The standard InChI is InChI=1S/C29H43ClN6O10S2/c1-4-46-29(41)21(33-17(2)27(38)36-23-11-6-5-9-19(23)13-24(36)28(39)40)10-7-8-12-34(18(3)37)35-16-32-22-14-20(30)25(47(31,42)43)15-26(22)48(35,44)45/h14-15,17,19,21,23-24,32-33H,4-13,16H2,1-3H3,(H,39,40)(H2,31,42,43)/t17-,19+,21-,23+,24-/m0/s1. The van der Waals surface area contributed by atoms with Crippen molar-refractivity contribution in [3.05, 3.63) is 17.2 Å². The number of anilines is 1. The lowest BCUT2D eigenvalue weighted by atomic mass is 9.84. The van der Waals surface area contributed by atoms with Crippen LogP contribution in [0.1, 0.15) is 72.1 Å². The van der Waals surface area contributed by atoms with Crippen LogP contribution in [0.3, 0.4) is 0 Å². The highest BCUT2D eigenvalue weighted by molar-refractivity contribution is 7.90. The second-order valence-corrected chi connectivity index (χ2v) is 16.0. The minimum absolute atomic E-state index is 0.0433. The number of primary sulfonamides is 1. The van der Waals surface area contributed by atoms with Crippen molar-refractivity contribution in [2.75, 3.05) is 25.1 Å². The highest BCUT2D eigenvalue weighted by Crippen LogP contribution is 2.40. The van der Waals surface area contributed by atoms with Crippen LogP contribution in [0.2, 0.25) is 5.02 Å². The van der Waals surface area contributed by atoms with Gasteiger partial charge in [-0.2, -0.15) is 0 Å². The number of sulfonamides is 2. The first-order valence-electron chi connectivity index (χ1n) is 15.9. The van der Waals surface area contributed by atoms with Gasteiger partial charge in [0.1, 0.15) is 28.5 Å². The van der Waals surface area contributed by atoms with Gasteiger partial charge in [0.05, 0.1) is 23.4 Å². The number of halogens is 1. The third kappa shape index (κ3) is 8.05. The number of rotatable bonds is 13. The second kappa shape index (κ2) is 15.2. The summed E-state index contributed by atoms with van der Waals surface area (Å²) in [5, 5.41) is 21.7. The van der Waals surface area contributed by atoms with Crippen molar-refractivity contribution in [2.24, 2.45) is 11.1 Å². The molecule has 0 bridgehead atoms. The number of hydrogen-bond acceptors (Lipinski definition) is 11. The van der Waals surface area contributed by atoms with Crippen LogP contribution in [0.4, 0.5) is 5.69 Å². The molecule has 0 spiro atoms. The molecule has 2 aliphatic heterocycles. The quantitative estimate of drug-likeness (QED) is 0.167. The molecular formula is C29H43ClN6O10S2. The molecule has 5 atom stereocenters. The zero-order valence-corrected chi connectivity index (χ0v) is 29.4. The number of esters is 1. The van der Waals surface area contributed by atoms with E-state index in [1.54, 1.807) is 13.8 Å². The molecule has 1 aliphatic carbocycles. The maximum Gasteiger partial charge on any atom is 0.326 e. The van der Waals surface area contributed by atoms with Crippen LogP contribution in [0, 0.1) is 5.92 Å². The van der Waals surface area contributed by atoms with Crippen LogP contribution in [0.15, 0.2) is 21.9 Å². The van der Waals surface area contributed by atoms with Gasteiger partial charge in [0.25, 0.3) is 10.0 Å². The molecule has 2 amide bonds. The number of likely N-dealkylation sites (tertiary alicyclic amines) is 1. The van der Waals surface area contributed by atoms with Gasteiger partial charge in [0, 0.05) is 19.5 Å². The number of hydrazine groups is 1. The van der Waals surface area contributed by atoms with Gasteiger partial charge in [-0.05, 0) is 70.4 Å². The first-order chi connectivity index (χ1) is 22.5. The van der Waals surface area contributed by atoms with Crippen molar-refractivity contribution >= 4 is 61.1 Å². The summed E-state index contributed by atoms with van der Waals surface area (Å²) in [4.78, 5) is 51.7. The van der Waals surface area contributed by atoms with E-state index < -0.39 is 71.7 Å². The molecule has 1 saturated heterocycles. The second-order valence-electron chi connectivity index (χ2n) is 12.3. The maximum atomic E-state index is 13.6. The molecule has 5 N–H and O–H groups in total. The number of nitrogens with one attached hydrogen (secondary N) is 2. The van der Waals surface area contributed by atoms with Crippen LogP contribution < -0.4 is 15.8 Å². The highest BCUT2D eigenvalue weighted by Gasteiger charge is 2.48. The molecule has 4 rings (SSSR count). The van der Waals surface area contributed by atoms with Gasteiger partial charge in [0.2, 0.25) is 21.8 Å². The lowest BCUT2D eigenvalue weighted by Crippen LogP contribution is -2.55. The number of nitrogens with two attached hydrogens (primary N) is 1. The Kier molecular flexibility index (Phi) is 12.0. The van der Waals surface area contributed by atoms with E-state index >= 15 is 0 Å². The Labute approximate surface area is 285 Å². The average Bonchev–Trinajstić information content (AvgIpc) is 3.39. The van der Waals surface area contributed by atoms with Crippen LogP contribution in [-0.4, -0.2) is 104 Å². The summed E-state index contributed by atoms with van der Waals surface area (Å²) in [5.74, 6) is -2.53. The van der Waals surface area contributed by atoms with Crippen LogP contribution in [0.5, 0.6) is 0 Å². The van der Waals surface area contributed by atoms with Crippen LogP contribution >= 0.6 is 11.6 Å². The van der Waals surface area contributed by atoms with E-state index in [9.17, 15) is 41.1 Å². The van der Waals surface area contributed by atoms with E-state index in [1.165, 1.54) is 11.8 Å². The minimum Gasteiger partial charge on any atom is -0.480 e. The first kappa shape index (κ1) is 37.8. The Morgan fingerprint density at radius 2 is 1.90 bits per heavy atom. The number of carbonyl (C=O) groups is 4. The molecule has 0 aromatic heterocycles. The van der Waals surface area contributed by atoms with Crippen molar-refractivity contribution in [3.63, 3.8) is 0 Å². The van der Waals surface area contributed by atoms with Crippen molar-refractivity contribution in [1.29, 1.82) is 0 Å². The zero-order chi connectivity index (χ0) is 35.6. The summed E-state index contributed by atoms with van der Waals surface area (Å²) in [6.07, 6.45) is 4.62. The summed E-state index contributed by atoms with van der Waals surface area (Å²) in [6, 6.07) is -0.938. The van der Waals surface area contributed by atoms with Crippen molar-refractivity contribution in [1.82, 2.24) is 19.6 Å². The third-order valence-corrected chi connectivity index (χ3v) is 12.2. The van der Waals surface area contributed by atoms with Crippen LogP contribution in [-0.2, 0) is 44.0 Å².